The van der Waals surface area contributed by atoms with E-state index in [1.54, 1.807) is 12.4 Å². The highest BCUT2D eigenvalue weighted by Crippen LogP contribution is 2.28. The van der Waals surface area contributed by atoms with Crippen LogP contribution in [0.3, 0.4) is 0 Å². The molecule has 114 valence electrons. The van der Waals surface area contributed by atoms with Gasteiger partial charge in [-0.3, -0.25) is 9.78 Å². The van der Waals surface area contributed by atoms with Crippen LogP contribution >= 0.6 is 11.3 Å². The highest BCUT2D eigenvalue weighted by molar-refractivity contribution is 7.16. The van der Waals surface area contributed by atoms with Crippen molar-refractivity contribution >= 4 is 17.2 Å². The molecule has 3 fully saturated rings. The number of amides is 1. The van der Waals surface area contributed by atoms with E-state index >= 15 is 0 Å². The van der Waals surface area contributed by atoms with E-state index in [1.165, 1.54) is 37.3 Å². The molecular formula is C16H18N4OS. The summed E-state index contributed by atoms with van der Waals surface area (Å²) in [6.07, 6.45) is 5.88. The average Bonchev–Trinajstić information content (AvgIpc) is 3.07. The number of nitrogens with zero attached hydrogens (tertiary/aromatic N) is 3. The van der Waals surface area contributed by atoms with Gasteiger partial charge in [-0.1, -0.05) is 6.07 Å². The first kappa shape index (κ1) is 13.8. The van der Waals surface area contributed by atoms with Crippen molar-refractivity contribution in [2.24, 2.45) is 5.92 Å². The molecule has 3 saturated heterocycles. The molecule has 1 amide bonds. The van der Waals surface area contributed by atoms with E-state index in [9.17, 15) is 4.79 Å². The van der Waals surface area contributed by atoms with Crippen LogP contribution in [-0.4, -0.2) is 46.5 Å². The van der Waals surface area contributed by atoms with Crippen LogP contribution in [0.2, 0.25) is 0 Å². The molecule has 0 saturated carbocycles. The quantitative estimate of drug-likeness (QED) is 0.942. The molecule has 0 spiro atoms. The lowest BCUT2D eigenvalue weighted by Gasteiger charge is -2.44. The summed E-state index contributed by atoms with van der Waals surface area (Å²) in [7, 11) is 0. The van der Waals surface area contributed by atoms with Crippen LogP contribution in [0.15, 0.2) is 30.6 Å². The fourth-order valence-electron chi connectivity index (χ4n) is 3.36. The second-order valence-corrected chi connectivity index (χ2v) is 6.99. The van der Waals surface area contributed by atoms with Crippen molar-refractivity contribution in [2.75, 3.05) is 19.6 Å². The molecule has 0 radical (unpaired) electrons. The summed E-state index contributed by atoms with van der Waals surface area (Å²) in [5.74, 6) is 0.579. The molecule has 0 unspecified atom stereocenters. The van der Waals surface area contributed by atoms with Gasteiger partial charge in [0, 0.05) is 25.0 Å². The van der Waals surface area contributed by atoms with Gasteiger partial charge >= 0.3 is 0 Å². The number of carbonyl (C=O) groups excluding carboxylic acids is 1. The lowest BCUT2D eigenvalue weighted by molar-refractivity contribution is 0.0620. The zero-order valence-corrected chi connectivity index (χ0v) is 13.1. The average molecular weight is 314 g/mol. The minimum atomic E-state index is -0.0501. The van der Waals surface area contributed by atoms with Gasteiger partial charge in [-0.15, -0.1) is 11.3 Å². The Hall–Kier alpha value is -1.79. The second-order valence-electron chi connectivity index (χ2n) is 5.96. The molecule has 0 aromatic carbocycles. The first-order valence-electron chi connectivity index (χ1n) is 7.70. The molecule has 6 heteroatoms. The topological polar surface area (TPSA) is 58.1 Å². The fourth-order valence-corrected chi connectivity index (χ4v) is 4.16. The molecule has 2 bridgehead atoms. The van der Waals surface area contributed by atoms with Crippen LogP contribution in [0.4, 0.5) is 0 Å². The van der Waals surface area contributed by atoms with Crippen molar-refractivity contribution in [3.63, 3.8) is 0 Å². The van der Waals surface area contributed by atoms with Crippen molar-refractivity contribution in [3.8, 4) is 10.6 Å². The standard InChI is InChI=1S/C16H18N4OS/c21-15(19-13-10-20-7-4-11(13)5-8-20)16-18-9-14(22-16)12-3-1-2-6-17-12/h1-3,6,9,11,13H,4-5,7-8,10H2,(H,19,21)/t13-/m0/s1. The Bertz CT molecular complexity index is 664. The predicted molar refractivity (Wildman–Crippen MR) is 85.8 cm³/mol. The Kier molecular flexibility index (Phi) is 3.63. The molecule has 2 aromatic rings. The number of fused-ring (bicyclic) bond motifs is 3. The van der Waals surface area contributed by atoms with Gasteiger partial charge in [0.1, 0.15) is 0 Å². The zero-order chi connectivity index (χ0) is 14.9. The fraction of sp³-hybridized carbons (Fsp3) is 0.438. The molecule has 2 aromatic heterocycles. The van der Waals surface area contributed by atoms with Gasteiger partial charge < -0.3 is 10.2 Å². The van der Waals surface area contributed by atoms with E-state index < -0.39 is 0 Å². The third kappa shape index (κ3) is 2.64. The maximum atomic E-state index is 12.4. The number of aromatic nitrogens is 2. The van der Waals surface area contributed by atoms with E-state index in [1.807, 2.05) is 18.2 Å². The van der Waals surface area contributed by atoms with Crippen molar-refractivity contribution in [2.45, 2.75) is 18.9 Å². The van der Waals surface area contributed by atoms with Gasteiger partial charge in [-0.25, -0.2) is 4.98 Å². The first-order valence-corrected chi connectivity index (χ1v) is 8.52. The molecule has 3 aliphatic heterocycles. The molecule has 0 aliphatic carbocycles. The van der Waals surface area contributed by atoms with Crippen LogP contribution in [0.5, 0.6) is 0 Å². The Labute approximate surface area is 133 Å². The number of piperidine rings is 3. The lowest BCUT2D eigenvalue weighted by Crippen LogP contribution is -2.57. The number of hydrogen-bond acceptors (Lipinski definition) is 5. The number of pyridine rings is 1. The van der Waals surface area contributed by atoms with Crippen molar-refractivity contribution in [3.05, 3.63) is 35.6 Å². The number of hydrogen-bond donors (Lipinski definition) is 1. The molecule has 5 rings (SSSR count). The van der Waals surface area contributed by atoms with Crippen molar-refractivity contribution in [1.82, 2.24) is 20.2 Å². The van der Waals surface area contributed by atoms with Gasteiger partial charge in [0.15, 0.2) is 5.01 Å². The van der Waals surface area contributed by atoms with Gasteiger partial charge in [0.2, 0.25) is 0 Å². The smallest absolute Gasteiger partial charge is 0.280 e. The minimum Gasteiger partial charge on any atom is -0.346 e. The summed E-state index contributed by atoms with van der Waals surface area (Å²) in [4.78, 5) is 24.4. The van der Waals surface area contributed by atoms with Crippen LogP contribution in [0, 0.1) is 5.92 Å². The van der Waals surface area contributed by atoms with E-state index in [2.05, 4.69) is 20.2 Å². The van der Waals surface area contributed by atoms with E-state index in [4.69, 9.17) is 0 Å². The Morgan fingerprint density at radius 2 is 2.14 bits per heavy atom. The number of thiazole rings is 1. The third-order valence-electron chi connectivity index (χ3n) is 4.59. The SMILES string of the molecule is O=C(N[C@H]1CN2CCC1CC2)c1ncc(-c2ccccn2)s1. The Morgan fingerprint density at radius 1 is 1.27 bits per heavy atom. The molecule has 22 heavy (non-hydrogen) atoms. The van der Waals surface area contributed by atoms with Crippen molar-refractivity contribution < 1.29 is 4.79 Å². The zero-order valence-electron chi connectivity index (χ0n) is 12.2. The maximum Gasteiger partial charge on any atom is 0.280 e. The summed E-state index contributed by atoms with van der Waals surface area (Å²) in [6, 6.07) is 6.03. The minimum absolute atomic E-state index is 0.0501. The van der Waals surface area contributed by atoms with E-state index in [-0.39, 0.29) is 11.9 Å². The second kappa shape index (κ2) is 5.78. The summed E-state index contributed by atoms with van der Waals surface area (Å²) in [5, 5.41) is 3.70. The molecular weight excluding hydrogens is 296 g/mol. The third-order valence-corrected chi connectivity index (χ3v) is 5.61. The predicted octanol–water partition coefficient (Wildman–Crippen LogP) is 2.03. The van der Waals surface area contributed by atoms with Gasteiger partial charge in [-0.2, -0.15) is 0 Å². The van der Waals surface area contributed by atoms with Crippen LogP contribution in [0.25, 0.3) is 10.6 Å². The van der Waals surface area contributed by atoms with E-state index in [0.29, 0.717) is 10.9 Å². The molecule has 5 heterocycles. The van der Waals surface area contributed by atoms with Gasteiger partial charge in [-0.05, 0) is 44.0 Å². The highest BCUT2D eigenvalue weighted by atomic mass is 32.1. The summed E-state index contributed by atoms with van der Waals surface area (Å²) < 4.78 is 0. The maximum absolute atomic E-state index is 12.4. The number of nitrogens with one attached hydrogen (secondary N) is 1. The largest absolute Gasteiger partial charge is 0.346 e. The van der Waals surface area contributed by atoms with Gasteiger partial charge in [0.05, 0.1) is 10.6 Å². The Morgan fingerprint density at radius 3 is 2.82 bits per heavy atom. The summed E-state index contributed by atoms with van der Waals surface area (Å²) >= 11 is 1.40. The van der Waals surface area contributed by atoms with Crippen LogP contribution < -0.4 is 5.32 Å². The lowest BCUT2D eigenvalue weighted by atomic mass is 9.84. The first-order chi connectivity index (χ1) is 10.8. The van der Waals surface area contributed by atoms with Gasteiger partial charge in [0.25, 0.3) is 5.91 Å². The number of rotatable bonds is 3. The molecule has 5 nitrogen and oxygen atoms in total. The van der Waals surface area contributed by atoms with Crippen LogP contribution in [-0.2, 0) is 0 Å². The number of carbonyl (C=O) groups is 1. The molecule has 1 atom stereocenters. The summed E-state index contributed by atoms with van der Waals surface area (Å²) in [6.45, 7) is 3.34. The molecule has 3 aliphatic rings. The van der Waals surface area contributed by atoms with Crippen molar-refractivity contribution in [1.29, 1.82) is 0 Å². The highest BCUT2D eigenvalue weighted by Gasteiger charge is 2.35. The summed E-state index contributed by atoms with van der Waals surface area (Å²) in [5.41, 5.74) is 0.863. The molecule has 1 N–H and O–H groups in total. The monoisotopic (exact) mass is 314 g/mol. The van der Waals surface area contributed by atoms with E-state index in [0.717, 1.165) is 17.1 Å². The van der Waals surface area contributed by atoms with Crippen LogP contribution in [0.1, 0.15) is 22.6 Å². The normalized spacial score (nSPS) is 26.8. The Balaban J connectivity index is 1.46.